The maximum atomic E-state index is 12.6. The zero-order chi connectivity index (χ0) is 35.3. The molecule has 1 saturated heterocycles. The Morgan fingerprint density at radius 2 is 0.816 bits per heavy atom. The molecule has 1 aliphatic rings. The Labute approximate surface area is 301 Å². The topological polar surface area (TPSA) is 49.4 Å². The van der Waals surface area contributed by atoms with Gasteiger partial charge in [-0.3, -0.25) is 9.59 Å². The molecule has 1 heterocycles. The number of nitrogens with one attached hydrogen (secondary N) is 1. The number of carbonyl (C=O) groups is 2. The lowest BCUT2D eigenvalue weighted by Crippen LogP contribution is -2.46. The van der Waals surface area contributed by atoms with Crippen molar-refractivity contribution in [3.05, 3.63) is 122 Å². The predicted octanol–water partition coefficient (Wildman–Crippen LogP) is 11.9. The number of rotatable bonds is 27. The van der Waals surface area contributed by atoms with E-state index in [1.54, 1.807) is 0 Å². The van der Waals surface area contributed by atoms with E-state index in [1.165, 1.54) is 0 Å². The summed E-state index contributed by atoms with van der Waals surface area (Å²) in [6, 6.07) is 0.187. The Balaban J connectivity index is 2.01. The fourth-order valence-corrected chi connectivity index (χ4v) is 5.22. The van der Waals surface area contributed by atoms with Gasteiger partial charge >= 0.3 is 0 Å². The van der Waals surface area contributed by atoms with Gasteiger partial charge in [0.05, 0.1) is 0 Å². The van der Waals surface area contributed by atoms with Gasteiger partial charge in [-0.25, -0.2) is 0 Å². The van der Waals surface area contributed by atoms with Gasteiger partial charge in [0.15, 0.2) is 0 Å². The number of unbranched alkanes of at least 4 members (excludes halogenated alkanes) is 2. The van der Waals surface area contributed by atoms with Crippen LogP contribution in [-0.2, 0) is 9.59 Å². The van der Waals surface area contributed by atoms with Gasteiger partial charge in [-0.1, -0.05) is 135 Å². The third-order valence-corrected chi connectivity index (χ3v) is 8.06. The molecule has 2 amide bonds. The number of nitrogens with zero attached hydrogens (tertiary/aromatic N) is 1. The van der Waals surface area contributed by atoms with Crippen molar-refractivity contribution in [2.24, 2.45) is 0 Å². The standard InChI is InChI=1S/C45H68N2O2/c1-3-5-7-9-11-13-15-17-19-21-23-25-27-29-31-33-35-37-44(48)46-43-39-41-47(42-40-43)45(49)38-36-34-32-30-28-26-24-22-20-18-16-14-12-10-8-6-4-2/h5-8,11-14,17-20,23-26,29-32,43H,3-4,9-10,15-16,21-22,27-28,33-42H2,1-2H3,(H,46,48)/b7-5-,8-6-,13-11-,14-12-,19-17-,20-18-,25-23-,26-24-,31-29-,32-30-. The molecule has 49 heavy (non-hydrogen) atoms. The summed E-state index contributed by atoms with van der Waals surface area (Å²) in [5.74, 6) is 0.378. The highest BCUT2D eigenvalue weighted by molar-refractivity contribution is 5.77. The minimum absolute atomic E-state index is 0.134. The molecule has 0 aromatic carbocycles. The second-order valence-corrected chi connectivity index (χ2v) is 12.4. The third-order valence-electron chi connectivity index (χ3n) is 8.06. The molecule has 0 unspecified atom stereocenters. The van der Waals surface area contributed by atoms with Gasteiger partial charge in [-0.15, -0.1) is 0 Å². The van der Waals surface area contributed by atoms with Gasteiger partial charge in [-0.05, 0) is 103 Å². The van der Waals surface area contributed by atoms with E-state index in [9.17, 15) is 9.59 Å². The summed E-state index contributed by atoms with van der Waals surface area (Å²) in [5, 5.41) is 3.19. The summed E-state index contributed by atoms with van der Waals surface area (Å²) in [6.07, 6.45) is 60.6. The first kappa shape index (κ1) is 43.4. The van der Waals surface area contributed by atoms with E-state index < -0.39 is 0 Å². The van der Waals surface area contributed by atoms with Crippen LogP contribution in [0.15, 0.2) is 122 Å². The summed E-state index contributed by atoms with van der Waals surface area (Å²) in [5.41, 5.74) is 0. The summed E-state index contributed by atoms with van der Waals surface area (Å²) in [7, 11) is 0. The molecule has 270 valence electrons. The van der Waals surface area contributed by atoms with Crippen LogP contribution in [0, 0.1) is 0 Å². The molecule has 0 radical (unpaired) electrons. The second kappa shape index (κ2) is 34.2. The van der Waals surface area contributed by atoms with Crippen molar-refractivity contribution in [3.8, 4) is 0 Å². The van der Waals surface area contributed by atoms with Crippen LogP contribution in [0.1, 0.15) is 129 Å². The fraction of sp³-hybridized carbons (Fsp3) is 0.511. The highest BCUT2D eigenvalue weighted by Gasteiger charge is 2.23. The number of likely N-dealkylation sites (tertiary alicyclic amines) is 1. The number of piperidine rings is 1. The SMILES string of the molecule is CC/C=C\C/C=C\C/C=C\C/C=C\C/C=C\CCCC(=O)NC1CCN(C(=O)CCC/C=C\C/C=C\C/C=C\C/C=C\C/C=C\CC)CC1. The van der Waals surface area contributed by atoms with E-state index in [0.717, 1.165) is 116 Å². The zero-order valence-corrected chi connectivity index (χ0v) is 31.0. The Bertz CT molecular complexity index is 1120. The van der Waals surface area contributed by atoms with E-state index in [0.29, 0.717) is 12.8 Å². The molecule has 0 atom stereocenters. The van der Waals surface area contributed by atoms with Crippen LogP contribution in [0.5, 0.6) is 0 Å². The van der Waals surface area contributed by atoms with Gasteiger partial charge in [0, 0.05) is 32.0 Å². The molecule has 0 aromatic heterocycles. The Morgan fingerprint density at radius 1 is 0.490 bits per heavy atom. The van der Waals surface area contributed by atoms with E-state index >= 15 is 0 Å². The number of amides is 2. The second-order valence-electron chi connectivity index (χ2n) is 12.4. The predicted molar refractivity (Wildman–Crippen MR) is 214 cm³/mol. The maximum absolute atomic E-state index is 12.6. The van der Waals surface area contributed by atoms with Crippen molar-refractivity contribution in [1.82, 2.24) is 10.2 Å². The quantitative estimate of drug-likeness (QED) is 0.0699. The molecule has 1 N–H and O–H groups in total. The summed E-state index contributed by atoms with van der Waals surface area (Å²) in [4.78, 5) is 27.0. The maximum Gasteiger partial charge on any atom is 0.222 e. The number of allylic oxidation sites excluding steroid dienone is 20. The first-order valence-corrected chi connectivity index (χ1v) is 19.2. The lowest BCUT2D eigenvalue weighted by molar-refractivity contribution is -0.132. The van der Waals surface area contributed by atoms with Crippen LogP contribution in [0.4, 0.5) is 0 Å². The van der Waals surface area contributed by atoms with Crippen LogP contribution in [0.2, 0.25) is 0 Å². The molecule has 0 spiro atoms. The zero-order valence-electron chi connectivity index (χ0n) is 31.0. The molecular weight excluding hydrogens is 601 g/mol. The molecule has 4 nitrogen and oxygen atoms in total. The van der Waals surface area contributed by atoms with Crippen molar-refractivity contribution in [2.75, 3.05) is 13.1 Å². The first-order valence-electron chi connectivity index (χ1n) is 19.2. The monoisotopic (exact) mass is 669 g/mol. The molecule has 0 bridgehead atoms. The molecule has 0 aromatic rings. The van der Waals surface area contributed by atoms with Gasteiger partial charge in [-0.2, -0.15) is 0 Å². The fourth-order valence-electron chi connectivity index (χ4n) is 5.22. The molecular formula is C45H68N2O2. The van der Waals surface area contributed by atoms with E-state index in [1.807, 2.05) is 4.90 Å². The smallest absolute Gasteiger partial charge is 0.222 e. The Morgan fingerprint density at radius 3 is 1.18 bits per heavy atom. The summed E-state index contributed by atoms with van der Waals surface area (Å²) in [6.45, 7) is 5.79. The molecule has 0 aliphatic carbocycles. The highest BCUT2D eigenvalue weighted by atomic mass is 16.2. The molecule has 1 aliphatic heterocycles. The van der Waals surface area contributed by atoms with Gasteiger partial charge in [0.25, 0.3) is 0 Å². The van der Waals surface area contributed by atoms with E-state index in [-0.39, 0.29) is 17.9 Å². The van der Waals surface area contributed by atoms with Crippen LogP contribution in [0.3, 0.4) is 0 Å². The van der Waals surface area contributed by atoms with Crippen molar-refractivity contribution in [1.29, 1.82) is 0 Å². The number of hydrogen-bond acceptors (Lipinski definition) is 2. The number of hydrogen-bond donors (Lipinski definition) is 1. The third kappa shape index (κ3) is 29.0. The van der Waals surface area contributed by atoms with E-state index in [4.69, 9.17) is 0 Å². The molecule has 1 fully saturated rings. The van der Waals surface area contributed by atoms with E-state index in [2.05, 4.69) is 141 Å². The largest absolute Gasteiger partial charge is 0.353 e. The van der Waals surface area contributed by atoms with Crippen LogP contribution >= 0.6 is 0 Å². The Hall–Kier alpha value is -3.66. The average molecular weight is 669 g/mol. The molecule has 0 saturated carbocycles. The normalized spacial score (nSPS) is 15.3. The van der Waals surface area contributed by atoms with Crippen molar-refractivity contribution >= 4 is 11.8 Å². The Kier molecular flexibility index (Phi) is 30.3. The number of carbonyl (C=O) groups excluding carboxylic acids is 2. The van der Waals surface area contributed by atoms with Crippen molar-refractivity contribution in [3.63, 3.8) is 0 Å². The first-order chi connectivity index (χ1) is 24.2. The van der Waals surface area contributed by atoms with Crippen LogP contribution < -0.4 is 5.32 Å². The average Bonchev–Trinajstić information content (AvgIpc) is 3.11. The minimum atomic E-state index is 0.134. The van der Waals surface area contributed by atoms with Crippen molar-refractivity contribution in [2.45, 2.75) is 135 Å². The summed E-state index contributed by atoms with van der Waals surface area (Å²) >= 11 is 0. The van der Waals surface area contributed by atoms with Crippen LogP contribution in [0.25, 0.3) is 0 Å². The minimum Gasteiger partial charge on any atom is -0.353 e. The highest BCUT2D eigenvalue weighted by Crippen LogP contribution is 2.13. The molecule has 4 heteroatoms. The lowest BCUT2D eigenvalue weighted by Gasteiger charge is -2.32. The molecule has 1 rings (SSSR count). The van der Waals surface area contributed by atoms with Crippen LogP contribution in [-0.4, -0.2) is 35.8 Å². The lowest BCUT2D eigenvalue weighted by atomic mass is 10.0. The van der Waals surface area contributed by atoms with Gasteiger partial charge in [0.1, 0.15) is 0 Å². The summed E-state index contributed by atoms with van der Waals surface area (Å²) < 4.78 is 0. The van der Waals surface area contributed by atoms with Gasteiger partial charge < -0.3 is 10.2 Å². The van der Waals surface area contributed by atoms with Gasteiger partial charge in [0.2, 0.25) is 11.8 Å². The van der Waals surface area contributed by atoms with Crippen molar-refractivity contribution < 1.29 is 9.59 Å².